The van der Waals surface area contributed by atoms with Crippen molar-refractivity contribution in [3.8, 4) is 0 Å². The summed E-state index contributed by atoms with van der Waals surface area (Å²) in [7, 11) is -3.79. The van der Waals surface area contributed by atoms with Gasteiger partial charge in [0.25, 0.3) is 0 Å². The summed E-state index contributed by atoms with van der Waals surface area (Å²) in [6.07, 6.45) is 1.03. The highest BCUT2D eigenvalue weighted by Gasteiger charge is 2.31. The Hall–Kier alpha value is -1.76. The number of aryl methyl sites for hydroxylation is 2. The maximum Gasteiger partial charge on any atom is 0.244 e. The fraction of sp³-hybridized carbons (Fsp3) is 0.350. The van der Waals surface area contributed by atoms with E-state index in [0.29, 0.717) is 5.02 Å². The number of halogens is 2. The second kappa shape index (κ2) is 8.72. The van der Waals surface area contributed by atoms with E-state index in [9.17, 15) is 13.2 Å². The van der Waals surface area contributed by atoms with Gasteiger partial charge in [-0.1, -0.05) is 47.0 Å². The van der Waals surface area contributed by atoms with Crippen LogP contribution in [0.25, 0.3) is 0 Å². The van der Waals surface area contributed by atoms with Gasteiger partial charge in [0.05, 0.1) is 23.0 Å². The van der Waals surface area contributed by atoms with Gasteiger partial charge in [0.2, 0.25) is 15.9 Å². The van der Waals surface area contributed by atoms with Gasteiger partial charge in [0, 0.05) is 5.02 Å². The second-order valence-corrected chi connectivity index (χ2v) is 9.62. The van der Waals surface area contributed by atoms with Gasteiger partial charge in [0.15, 0.2) is 0 Å². The zero-order valence-electron chi connectivity index (χ0n) is 16.5. The second-order valence-electron chi connectivity index (χ2n) is 6.92. The fourth-order valence-corrected chi connectivity index (χ4v) is 4.76. The molecule has 0 aliphatic heterocycles. The fourth-order valence-electron chi connectivity index (χ4n) is 3.16. The molecule has 152 valence electrons. The molecule has 28 heavy (non-hydrogen) atoms. The Bertz CT molecular complexity index is 993. The van der Waals surface area contributed by atoms with E-state index in [4.69, 9.17) is 23.2 Å². The number of rotatable bonds is 6. The number of hydrogen-bond donors (Lipinski definition) is 1. The zero-order chi connectivity index (χ0) is 21.2. The summed E-state index contributed by atoms with van der Waals surface area (Å²) in [5, 5.41) is 3.41. The molecule has 2 aromatic carbocycles. The molecular formula is C20H24Cl2N2O3S. The molecule has 0 saturated heterocycles. The third-order valence-electron chi connectivity index (χ3n) is 4.48. The normalized spacial score (nSPS) is 13.7. The molecule has 0 unspecified atom stereocenters. The molecule has 2 aromatic rings. The number of carbonyl (C=O) groups is 1. The summed E-state index contributed by atoms with van der Waals surface area (Å²) in [5.74, 6) is -0.436. The minimum atomic E-state index is -3.79. The first kappa shape index (κ1) is 22.5. The average molecular weight is 443 g/mol. The van der Waals surface area contributed by atoms with E-state index in [1.54, 1.807) is 6.07 Å². The topological polar surface area (TPSA) is 66.5 Å². The largest absolute Gasteiger partial charge is 0.348 e. The lowest BCUT2D eigenvalue weighted by Gasteiger charge is -2.30. The van der Waals surface area contributed by atoms with Crippen LogP contribution in [0, 0.1) is 13.8 Å². The molecule has 2 atom stereocenters. The van der Waals surface area contributed by atoms with Crippen LogP contribution in [-0.2, 0) is 14.8 Å². The van der Waals surface area contributed by atoms with Crippen LogP contribution >= 0.6 is 23.2 Å². The summed E-state index contributed by atoms with van der Waals surface area (Å²) >= 11 is 12.2. The summed E-state index contributed by atoms with van der Waals surface area (Å²) in [5.41, 5.74) is 3.32. The van der Waals surface area contributed by atoms with Crippen LogP contribution in [0.1, 0.15) is 36.6 Å². The molecule has 0 radical (unpaired) electrons. The summed E-state index contributed by atoms with van der Waals surface area (Å²) in [6.45, 7) is 7.35. The van der Waals surface area contributed by atoms with E-state index in [0.717, 1.165) is 27.3 Å². The predicted octanol–water partition coefficient (Wildman–Crippen LogP) is 4.64. The Balaban J connectivity index is 2.33. The molecule has 1 N–H and O–H groups in total. The van der Waals surface area contributed by atoms with E-state index in [1.165, 1.54) is 19.1 Å². The lowest BCUT2D eigenvalue weighted by Crippen LogP contribution is -2.48. The van der Waals surface area contributed by atoms with E-state index in [-0.39, 0.29) is 16.8 Å². The standard InChI is InChI=1S/C20H24Cl2N2O3S/c1-12-6-8-17(13(2)10-12)14(3)23-20(25)15(4)24(28(5,26)27)19-11-16(21)7-9-18(19)22/h6-11,14-15H,1-5H3,(H,23,25)/t14-,15-/m1/s1. The quantitative estimate of drug-likeness (QED) is 0.707. The molecule has 8 heteroatoms. The average Bonchev–Trinajstić information content (AvgIpc) is 2.56. The van der Waals surface area contributed by atoms with Gasteiger partial charge < -0.3 is 5.32 Å². The maximum atomic E-state index is 12.9. The van der Waals surface area contributed by atoms with E-state index in [2.05, 4.69) is 5.32 Å². The van der Waals surface area contributed by atoms with Crippen molar-refractivity contribution in [2.75, 3.05) is 10.6 Å². The van der Waals surface area contributed by atoms with Crippen LogP contribution in [0.3, 0.4) is 0 Å². The van der Waals surface area contributed by atoms with Crippen molar-refractivity contribution in [3.05, 3.63) is 63.1 Å². The minimum Gasteiger partial charge on any atom is -0.348 e. The highest BCUT2D eigenvalue weighted by molar-refractivity contribution is 7.92. The van der Waals surface area contributed by atoms with E-state index >= 15 is 0 Å². The monoisotopic (exact) mass is 442 g/mol. The molecule has 1 amide bonds. The number of hydrogen-bond acceptors (Lipinski definition) is 3. The molecule has 0 spiro atoms. The zero-order valence-corrected chi connectivity index (χ0v) is 18.8. The Morgan fingerprint density at radius 3 is 2.29 bits per heavy atom. The van der Waals surface area contributed by atoms with Crippen LogP contribution in [0.15, 0.2) is 36.4 Å². The first-order chi connectivity index (χ1) is 12.9. The highest BCUT2D eigenvalue weighted by atomic mass is 35.5. The summed E-state index contributed by atoms with van der Waals surface area (Å²) in [4.78, 5) is 12.9. The third kappa shape index (κ3) is 5.19. The van der Waals surface area contributed by atoms with Crippen molar-refractivity contribution in [2.24, 2.45) is 0 Å². The van der Waals surface area contributed by atoms with Crippen LogP contribution in [-0.4, -0.2) is 26.6 Å². The molecule has 2 rings (SSSR count). The van der Waals surface area contributed by atoms with Gasteiger partial charge in [-0.05, 0) is 57.0 Å². The number of amides is 1. The van der Waals surface area contributed by atoms with E-state index in [1.807, 2.05) is 39.0 Å². The highest BCUT2D eigenvalue weighted by Crippen LogP contribution is 2.32. The Labute approximate surface area is 176 Å². The molecular weight excluding hydrogens is 419 g/mol. The SMILES string of the molecule is Cc1ccc([C@@H](C)NC(=O)[C@@H](C)N(c2cc(Cl)ccc2Cl)S(C)(=O)=O)c(C)c1. The molecule has 0 aliphatic carbocycles. The molecule has 0 heterocycles. The molecule has 0 saturated carbocycles. The number of sulfonamides is 1. The number of nitrogens with zero attached hydrogens (tertiary/aromatic N) is 1. The number of benzene rings is 2. The van der Waals surface area contributed by atoms with Gasteiger partial charge >= 0.3 is 0 Å². The van der Waals surface area contributed by atoms with Gasteiger partial charge in [-0.2, -0.15) is 0 Å². The van der Waals surface area contributed by atoms with Crippen LogP contribution < -0.4 is 9.62 Å². The Kier molecular flexibility index (Phi) is 7.02. The Morgan fingerprint density at radius 1 is 1.07 bits per heavy atom. The first-order valence-corrected chi connectivity index (χ1v) is 11.3. The smallest absolute Gasteiger partial charge is 0.244 e. The molecule has 0 aromatic heterocycles. The maximum absolute atomic E-state index is 12.9. The van der Waals surface area contributed by atoms with E-state index < -0.39 is 22.0 Å². The first-order valence-electron chi connectivity index (χ1n) is 8.73. The van der Waals surface area contributed by atoms with Crippen LogP contribution in [0.4, 0.5) is 5.69 Å². The summed E-state index contributed by atoms with van der Waals surface area (Å²) < 4.78 is 25.9. The molecule has 5 nitrogen and oxygen atoms in total. The number of anilines is 1. The van der Waals surface area contributed by atoms with Crippen molar-refractivity contribution < 1.29 is 13.2 Å². The molecule has 0 aliphatic rings. The summed E-state index contributed by atoms with van der Waals surface area (Å²) in [6, 6.07) is 9.16. The number of nitrogens with one attached hydrogen (secondary N) is 1. The van der Waals surface area contributed by atoms with Crippen molar-refractivity contribution in [2.45, 2.75) is 39.8 Å². The van der Waals surface area contributed by atoms with Crippen molar-refractivity contribution in [1.29, 1.82) is 0 Å². The minimum absolute atomic E-state index is 0.165. The predicted molar refractivity (Wildman–Crippen MR) is 116 cm³/mol. The van der Waals surface area contributed by atoms with Crippen molar-refractivity contribution >= 4 is 44.8 Å². The van der Waals surface area contributed by atoms with Gasteiger partial charge in [0.1, 0.15) is 6.04 Å². The lowest BCUT2D eigenvalue weighted by atomic mass is 10.00. The molecule has 0 bridgehead atoms. The lowest BCUT2D eigenvalue weighted by molar-refractivity contribution is -0.122. The van der Waals surface area contributed by atoms with Gasteiger partial charge in [-0.25, -0.2) is 8.42 Å². The van der Waals surface area contributed by atoms with Crippen molar-refractivity contribution in [3.63, 3.8) is 0 Å². The molecule has 0 fully saturated rings. The number of carbonyl (C=O) groups excluding carboxylic acids is 1. The van der Waals surface area contributed by atoms with Crippen LogP contribution in [0.5, 0.6) is 0 Å². The van der Waals surface area contributed by atoms with Gasteiger partial charge in [-0.15, -0.1) is 0 Å². The van der Waals surface area contributed by atoms with Crippen molar-refractivity contribution in [1.82, 2.24) is 5.32 Å². The van der Waals surface area contributed by atoms with Gasteiger partial charge in [-0.3, -0.25) is 9.10 Å². The Morgan fingerprint density at radius 2 is 1.71 bits per heavy atom. The third-order valence-corrected chi connectivity index (χ3v) is 6.27. The van der Waals surface area contributed by atoms with Crippen LogP contribution in [0.2, 0.25) is 10.0 Å².